The van der Waals surface area contributed by atoms with Crippen molar-refractivity contribution in [3.8, 4) is 39.1 Å². The third kappa shape index (κ3) is 8.36. The number of hydrogen-bond acceptors (Lipinski definition) is 5. The zero-order valence-corrected chi connectivity index (χ0v) is 44.2. The molecule has 0 aliphatic carbocycles. The summed E-state index contributed by atoms with van der Waals surface area (Å²) in [5.41, 5.74) is 17.0. The Bertz CT molecular complexity index is 4380. The molecule has 5 heteroatoms. The van der Waals surface area contributed by atoms with Crippen LogP contribution in [0.3, 0.4) is 0 Å². The molecular formula is C72H58N2O3. The second-order valence-electron chi connectivity index (χ2n) is 22.3. The van der Waals surface area contributed by atoms with Crippen LogP contribution in [0.4, 0.5) is 34.1 Å². The van der Waals surface area contributed by atoms with E-state index >= 15 is 0 Å². The minimum absolute atomic E-state index is 0.122. The minimum atomic E-state index is -0.242. The molecule has 2 aromatic heterocycles. The van der Waals surface area contributed by atoms with Crippen molar-refractivity contribution >= 4 is 88.8 Å². The first-order valence-corrected chi connectivity index (χ1v) is 26.5. The van der Waals surface area contributed by atoms with E-state index in [0.717, 1.165) is 128 Å². The maximum atomic E-state index is 11.9. The van der Waals surface area contributed by atoms with Gasteiger partial charge in [0.1, 0.15) is 22.5 Å². The number of rotatable bonds is 9. The van der Waals surface area contributed by atoms with Crippen molar-refractivity contribution in [2.24, 2.45) is 0 Å². The predicted molar refractivity (Wildman–Crippen MR) is 323 cm³/mol. The van der Waals surface area contributed by atoms with E-state index in [1.807, 2.05) is 18.2 Å². The summed E-state index contributed by atoms with van der Waals surface area (Å²) in [6, 6.07) is 83.7. The zero-order chi connectivity index (χ0) is 52.6. The van der Waals surface area contributed by atoms with E-state index in [4.69, 9.17) is 8.83 Å². The van der Waals surface area contributed by atoms with Crippen LogP contribution in [-0.2, 0) is 10.8 Å². The first-order valence-electron chi connectivity index (χ1n) is 26.5. The fraction of sp³-hybridized carbons (Fsp3) is 0.111. The molecule has 11 aromatic carbocycles. The second-order valence-corrected chi connectivity index (χ2v) is 22.3. The van der Waals surface area contributed by atoms with Crippen LogP contribution in [0.15, 0.2) is 245 Å². The molecule has 0 aliphatic heterocycles. The topological polar surface area (TPSA) is 53.0 Å². The predicted octanol–water partition coefficient (Wildman–Crippen LogP) is 20.9. The van der Waals surface area contributed by atoms with Gasteiger partial charge >= 0.3 is 0 Å². The summed E-state index contributed by atoms with van der Waals surface area (Å²) in [5, 5.41) is 18.2. The molecule has 0 saturated carbocycles. The van der Waals surface area contributed by atoms with E-state index in [9.17, 15) is 5.11 Å². The van der Waals surface area contributed by atoms with E-state index in [1.54, 1.807) is 0 Å². The van der Waals surface area contributed by atoms with Crippen molar-refractivity contribution in [3.63, 3.8) is 0 Å². The van der Waals surface area contributed by atoms with Gasteiger partial charge in [0.2, 0.25) is 0 Å². The van der Waals surface area contributed by atoms with Gasteiger partial charge in [-0.2, -0.15) is 0 Å². The monoisotopic (exact) mass is 998 g/mol. The van der Waals surface area contributed by atoms with Gasteiger partial charge in [0.25, 0.3) is 0 Å². The Balaban J connectivity index is 1.03. The highest BCUT2D eigenvalue weighted by atomic mass is 16.3. The lowest BCUT2D eigenvalue weighted by molar-refractivity contribution is 0.448. The fourth-order valence-corrected chi connectivity index (χ4v) is 11.5. The number of para-hydroxylation sites is 3. The quantitative estimate of drug-likeness (QED) is 0.156. The molecular weight excluding hydrogens is 941 g/mol. The molecule has 0 bridgehead atoms. The normalized spacial score (nSPS) is 12.1. The van der Waals surface area contributed by atoms with Gasteiger partial charge in [0.05, 0.1) is 11.4 Å². The lowest BCUT2D eigenvalue weighted by atomic mass is 9.84. The van der Waals surface area contributed by atoms with Crippen molar-refractivity contribution in [2.75, 3.05) is 9.80 Å². The summed E-state index contributed by atoms with van der Waals surface area (Å²) in [5.74, 6) is 0.301. The third-order valence-corrected chi connectivity index (χ3v) is 15.2. The Kier molecular flexibility index (Phi) is 11.4. The van der Waals surface area contributed by atoms with Crippen LogP contribution in [0, 0.1) is 0 Å². The van der Waals surface area contributed by atoms with Gasteiger partial charge in [-0.25, -0.2) is 0 Å². The van der Waals surface area contributed by atoms with E-state index in [1.165, 1.54) is 5.56 Å². The van der Waals surface area contributed by atoms with Crippen LogP contribution in [0.1, 0.15) is 52.7 Å². The van der Waals surface area contributed by atoms with Crippen LogP contribution < -0.4 is 9.80 Å². The molecule has 0 unspecified atom stereocenters. The van der Waals surface area contributed by atoms with Crippen molar-refractivity contribution in [2.45, 2.75) is 52.4 Å². The Labute approximate surface area is 449 Å². The SMILES string of the molecule is CC(C)(C)c1cccc(-c2cccc(N(c3cccc(-c4ccccc4)c3)c3cc4oc5ccc(N(c6cccc(-c7ccccc7)c6)c6cccc7c6oc6c(C(C)(C)C)cccc67)cc5c4c4ccccc34)c2)c1O. The summed E-state index contributed by atoms with van der Waals surface area (Å²) < 4.78 is 14.2. The number of fused-ring (bicyclic) bond motifs is 8. The molecule has 13 rings (SSSR count). The van der Waals surface area contributed by atoms with E-state index in [0.29, 0.717) is 5.75 Å². The van der Waals surface area contributed by atoms with Gasteiger partial charge in [-0.05, 0) is 110 Å². The van der Waals surface area contributed by atoms with Gasteiger partial charge < -0.3 is 23.7 Å². The Morgan fingerprint density at radius 3 is 1.44 bits per heavy atom. The Morgan fingerprint density at radius 1 is 0.325 bits per heavy atom. The molecule has 1 N–H and O–H groups in total. The molecule has 0 atom stereocenters. The first-order chi connectivity index (χ1) is 37.4. The number of furan rings is 2. The van der Waals surface area contributed by atoms with Crippen molar-refractivity contribution in [1.29, 1.82) is 0 Å². The lowest BCUT2D eigenvalue weighted by Crippen LogP contribution is -2.12. The van der Waals surface area contributed by atoms with Gasteiger partial charge in [-0.15, -0.1) is 0 Å². The number of anilines is 6. The average molecular weight is 999 g/mol. The summed E-state index contributed by atoms with van der Waals surface area (Å²) >= 11 is 0. The fourth-order valence-electron chi connectivity index (χ4n) is 11.5. The largest absolute Gasteiger partial charge is 0.507 e. The lowest BCUT2D eigenvalue weighted by Gasteiger charge is -2.28. The van der Waals surface area contributed by atoms with Crippen LogP contribution in [0.5, 0.6) is 5.75 Å². The molecule has 0 spiro atoms. The summed E-state index contributed by atoms with van der Waals surface area (Å²) in [6.07, 6.45) is 0. The number of aromatic hydroxyl groups is 1. The van der Waals surface area contributed by atoms with Crippen LogP contribution in [-0.4, -0.2) is 5.11 Å². The van der Waals surface area contributed by atoms with E-state index in [2.05, 4.69) is 270 Å². The molecule has 0 saturated heterocycles. The molecule has 0 fully saturated rings. The number of benzene rings is 11. The van der Waals surface area contributed by atoms with E-state index < -0.39 is 0 Å². The van der Waals surface area contributed by atoms with Crippen LogP contribution in [0.2, 0.25) is 0 Å². The number of hydrogen-bond donors (Lipinski definition) is 1. The molecule has 77 heavy (non-hydrogen) atoms. The highest BCUT2D eigenvalue weighted by Gasteiger charge is 2.27. The van der Waals surface area contributed by atoms with Gasteiger partial charge in [-0.3, -0.25) is 0 Å². The third-order valence-electron chi connectivity index (χ3n) is 15.2. The summed E-state index contributed by atoms with van der Waals surface area (Å²) in [4.78, 5) is 4.67. The number of phenols is 1. The standard InChI is InChI=1S/C72H58N2O3/c1-71(2,3)61-36-18-33-55(68(61)75)50-27-17-30-53(43-50)74(52-29-16-26-49(42-52)47-23-11-8-12-24-47)64-45-66-67(57-32-14-13-31-56(57)64)60-44-54(39-40-65(60)76-66)73(51-28-15-25-48(41-51)46-21-9-7-10-22-46)63-38-20-35-59-58-34-19-37-62(72(4,5)6)69(58)77-70(59)63/h7-45,75H,1-6H3. The number of nitrogens with zero attached hydrogens (tertiary/aromatic N) is 2. The molecule has 0 amide bonds. The van der Waals surface area contributed by atoms with Gasteiger partial charge in [0.15, 0.2) is 5.58 Å². The Hall–Kier alpha value is -9.32. The second kappa shape index (κ2) is 18.5. The van der Waals surface area contributed by atoms with E-state index in [-0.39, 0.29) is 10.8 Å². The molecule has 0 radical (unpaired) electrons. The smallest absolute Gasteiger partial charge is 0.159 e. The summed E-state index contributed by atoms with van der Waals surface area (Å²) in [7, 11) is 0. The highest BCUT2D eigenvalue weighted by Crippen LogP contribution is 2.50. The minimum Gasteiger partial charge on any atom is -0.507 e. The molecule has 5 nitrogen and oxygen atoms in total. The maximum Gasteiger partial charge on any atom is 0.159 e. The van der Waals surface area contributed by atoms with Crippen LogP contribution in [0.25, 0.3) is 88.0 Å². The molecule has 2 heterocycles. The Morgan fingerprint density at radius 2 is 0.805 bits per heavy atom. The molecule has 374 valence electrons. The van der Waals surface area contributed by atoms with Crippen molar-refractivity contribution < 1.29 is 13.9 Å². The van der Waals surface area contributed by atoms with Gasteiger partial charge in [-0.1, -0.05) is 211 Å². The average Bonchev–Trinajstić information content (AvgIpc) is 4.20. The molecule has 0 aliphatic rings. The number of phenolic OH excluding ortho intramolecular Hbond substituents is 1. The maximum absolute atomic E-state index is 11.9. The highest BCUT2D eigenvalue weighted by molar-refractivity contribution is 6.23. The van der Waals surface area contributed by atoms with Gasteiger partial charge in [0, 0.05) is 66.9 Å². The molecule has 13 aromatic rings. The van der Waals surface area contributed by atoms with Crippen molar-refractivity contribution in [3.05, 3.63) is 248 Å². The van der Waals surface area contributed by atoms with Crippen molar-refractivity contribution in [1.82, 2.24) is 0 Å². The first kappa shape index (κ1) is 47.4. The zero-order valence-electron chi connectivity index (χ0n) is 44.2. The summed E-state index contributed by atoms with van der Waals surface area (Å²) in [6.45, 7) is 13.1. The van der Waals surface area contributed by atoms with Crippen LogP contribution >= 0.6 is 0 Å².